The predicted octanol–water partition coefficient (Wildman–Crippen LogP) is 3.11. The van der Waals surface area contributed by atoms with Crippen LogP contribution in [0.1, 0.15) is 18.1 Å². The molecular formula is C16H16N2O5S. The Morgan fingerprint density at radius 3 is 2.46 bits per heavy atom. The Kier molecular flexibility index (Phi) is 5.30. The zero-order valence-corrected chi connectivity index (χ0v) is 14.0. The monoisotopic (exact) mass is 348 g/mol. The lowest BCUT2D eigenvalue weighted by molar-refractivity contribution is -0.385. The second-order valence-corrected chi connectivity index (χ2v) is 6.57. The van der Waals surface area contributed by atoms with Gasteiger partial charge >= 0.3 is 5.69 Å². The molecule has 0 spiro atoms. The standard InChI is InChI=1S/C16H16N2O5S/c1-3-23-16-9-6-13(10-15(16)18(19)20)11-17-24(21,22)14-7-4-12(2)5-8-14/h4-11H,3H2,1-2H3/b17-11-. The Balaban J connectivity index is 2.32. The summed E-state index contributed by atoms with van der Waals surface area (Å²) in [6.07, 6.45) is 1.08. The maximum absolute atomic E-state index is 12.1. The van der Waals surface area contributed by atoms with Crippen molar-refractivity contribution in [2.45, 2.75) is 18.7 Å². The quantitative estimate of drug-likeness (QED) is 0.454. The number of hydrogen-bond donors (Lipinski definition) is 0. The fourth-order valence-electron chi connectivity index (χ4n) is 1.94. The van der Waals surface area contributed by atoms with Crippen molar-refractivity contribution in [1.82, 2.24) is 0 Å². The van der Waals surface area contributed by atoms with Crippen LogP contribution < -0.4 is 4.74 Å². The summed E-state index contributed by atoms with van der Waals surface area (Å²) < 4.78 is 33.1. The fraction of sp³-hybridized carbons (Fsp3) is 0.188. The average Bonchev–Trinajstić information content (AvgIpc) is 2.54. The number of sulfonamides is 1. The van der Waals surface area contributed by atoms with Crippen LogP contribution in [0, 0.1) is 17.0 Å². The minimum atomic E-state index is -3.86. The highest BCUT2D eigenvalue weighted by atomic mass is 32.2. The van der Waals surface area contributed by atoms with Crippen LogP contribution in [0.4, 0.5) is 5.69 Å². The molecule has 0 heterocycles. The van der Waals surface area contributed by atoms with E-state index < -0.39 is 14.9 Å². The third kappa shape index (κ3) is 4.17. The molecule has 0 radical (unpaired) electrons. The Bertz CT molecular complexity index is 874. The van der Waals surface area contributed by atoms with E-state index in [1.54, 1.807) is 19.1 Å². The smallest absolute Gasteiger partial charge is 0.311 e. The van der Waals surface area contributed by atoms with E-state index in [0.29, 0.717) is 5.56 Å². The largest absolute Gasteiger partial charge is 0.487 e. The van der Waals surface area contributed by atoms with Crippen LogP contribution in [0.5, 0.6) is 5.75 Å². The van der Waals surface area contributed by atoms with E-state index in [2.05, 4.69) is 4.40 Å². The van der Waals surface area contributed by atoms with E-state index in [9.17, 15) is 18.5 Å². The van der Waals surface area contributed by atoms with Crippen LogP contribution in [0.25, 0.3) is 0 Å². The summed E-state index contributed by atoms with van der Waals surface area (Å²) in [5, 5.41) is 11.1. The molecule has 0 bridgehead atoms. The van der Waals surface area contributed by atoms with Gasteiger partial charge in [-0.15, -0.1) is 0 Å². The highest BCUT2D eigenvalue weighted by Gasteiger charge is 2.16. The lowest BCUT2D eigenvalue weighted by Gasteiger charge is -2.04. The van der Waals surface area contributed by atoms with E-state index in [1.807, 2.05) is 6.92 Å². The summed E-state index contributed by atoms with van der Waals surface area (Å²) in [5.74, 6) is 0.126. The van der Waals surface area contributed by atoms with Crippen molar-refractivity contribution >= 4 is 21.9 Å². The van der Waals surface area contributed by atoms with Gasteiger partial charge in [-0.3, -0.25) is 10.1 Å². The SMILES string of the molecule is CCOc1ccc(/C=N\S(=O)(=O)c2ccc(C)cc2)cc1[N+](=O)[O-]. The molecule has 2 aromatic rings. The van der Waals surface area contributed by atoms with Crippen molar-refractivity contribution in [1.29, 1.82) is 0 Å². The average molecular weight is 348 g/mol. The highest BCUT2D eigenvalue weighted by molar-refractivity contribution is 7.90. The Hall–Kier alpha value is -2.74. The van der Waals surface area contributed by atoms with E-state index >= 15 is 0 Å². The summed E-state index contributed by atoms with van der Waals surface area (Å²) in [5.41, 5.74) is 0.981. The van der Waals surface area contributed by atoms with E-state index in [4.69, 9.17) is 4.74 Å². The van der Waals surface area contributed by atoms with Gasteiger partial charge in [0.1, 0.15) is 0 Å². The molecule has 0 aromatic heterocycles. The Morgan fingerprint density at radius 2 is 1.88 bits per heavy atom. The van der Waals surface area contributed by atoms with Crippen molar-refractivity contribution in [2.24, 2.45) is 4.40 Å². The molecule has 0 aliphatic heterocycles. The molecule has 7 nitrogen and oxygen atoms in total. The normalized spacial score (nSPS) is 11.6. The molecule has 24 heavy (non-hydrogen) atoms. The fourth-order valence-corrected chi connectivity index (χ4v) is 2.80. The zero-order valence-electron chi connectivity index (χ0n) is 13.2. The van der Waals surface area contributed by atoms with E-state index in [-0.39, 0.29) is 22.9 Å². The molecule has 0 unspecified atom stereocenters. The molecule has 0 saturated heterocycles. The van der Waals surface area contributed by atoms with Gasteiger partial charge in [0.05, 0.1) is 16.4 Å². The molecular weight excluding hydrogens is 332 g/mol. The predicted molar refractivity (Wildman–Crippen MR) is 90.2 cm³/mol. The first kappa shape index (κ1) is 17.6. The molecule has 126 valence electrons. The van der Waals surface area contributed by atoms with E-state index in [0.717, 1.165) is 11.8 Å². The van der Waals surface area contributed by atoms with Crippen molar-refractivity contribution < 1.29 is 18.1 Å². The van der Waals surface area contributed by atoms with Gasteiger partial charge in [-0.25, -0.2) is 0 Å². The zero-order chi connectivity index (χ0) is 17.7. The minimum Gasteiger partial charge on any atom is -0.487 e. The molecule has 0 aliphatic carbocycles. The third-order valence-corrected chi connectivity index (χ3v) is 4.39. The minimum absolute atomic E-state index is 0.0600. The number of hydrogen-bond acceptors (Lipinski definition) is 5. The molecule has 0 N–H and O–H groups in total. The number of nitro groups is 1. The van der Waals surface area contributed by atoms with Gasteiger partial charge in [-0.1, -0.05) is 17.7 Å². The van der Waals surface area contributed by atoms with Crippen LogP contribution >= 0.6 is 0 Å². The lowest BCUT2D eigenvalue weighted by atomic mass is 10.2. The molecule has 2 aromatic carbocycles. The number of ether oxygens (including phenoxy) is 1. The van der Waals surface area contributed by atoms with Gasteiger partial charge in [0, 0.05) is 17.8 Å². The van der Waals surface area contributed by atoms with Gasteiger partial charge in [0.25, 0.3) is 10.0 Å². The number of benzene rings is 2. The van der Waals surface area contributed by atoms with Gasteiger partial charge in [0.15, 0.2) is 5.75 Å². The summed E-state index contributed by atoms with van der Waals surface area (Å²) in [6.45, 7) is 3.85. The maximum Gasteiger partial charge on any atom is 0.311 e. The highest BCUT2D eigenvalue weighted by Crippen LogP contribution is 2.27. The van der Waals surface area contributed by atoms with Crippen LogP contribution in [0.3, 0.4) is 0 Å². The number of nitro benzene ring substituents is 1. The van der Waals surface area contributed by atoms with E-state index in [1.165, 1.54) is 30.3 Å². The topological polar surface area (TPSA) is 98.9 Å². The first-order valence-corrected chi connectivity index (χ1v) is 8.56. The van der Waals surface area contributed by atoms with Crippen molar-refractivity contribution in [3.63, 3.8) is 0 Å². The number of nitrogens with zero attached hydrogens (tertiary/aromatic N) is 2. The Morgan fingerprint density at radius 1 is 1.21 bits per heavy atom. The van der Waals surface area contributed by atoms with Crippen molar-refractivity contribution in [3.05, 3.63) is 63.7 Å². The molecule has 8 heteroatoms. The van der Waals surface area contributed by atoms with Crippen molar-refractivity contribution in [3.8, 4) is 5.75 Å². The number of aryl methyl sites for hydroxylation is 1. The lowest BCUT2D eigenvalue weighted by Crippen LogP contribution is -2.00. The molecule has 0 amide bonds. The van der Waals surface area contributed by atoms with Crippen LogP contribution in [-0.2, 0) is 10.0 Å². The van der Waals surface area contributed by atoms with Gasteiger partial charge in [-0.2, -0.15) is 12.8 Å². The summed E-state index contributed by atoms with van der Waals surface area (Å²) in [6, 6.07) is 10.4. The molecule has 0 aliphatic rings. The summed E-state index contributed by atoms with van der Waals surface area (Å²) in [4.78, 5) is 10.5. The maximum atomic E-state index is 12.1. The molecule has 0 saturated carbocycles. The first-order chi connectivity index (χ1) is 11.3. The van der Waals surface area contributed by atoms with Crippen LogP contribution in [-0.4, -0.2) is 26.2 Å². The second kappa shape index (κ2) is 7.22. The van der Waals surface area contributed by atoms with Crippen molar-refractivity contribution in [2.75, 3.05) is 6.61 Å². The third-order valence-electron chi connectivity index (χ3n) is 3.14. The molecule has 0 atom stereocenters. The van der Waals surface area contributed by atoms with Crippen LogP contribution in [0.2, 0.25) is 0 Å². The Labute approximate surface area is 139 Å². The van der Waals surface area contributed by atoms with Crippen LogP contribution in [0.15, 0.2) is 51.8 Å². The van der Waals surface area contributed by atoms with Gasteiger partial charge in [-0.05, 0) is 38.1 Å². The molecule has 2 rings (SSSR count). The van der Waals surface area contributed by atoms with Gasteiger partial charge < -0.3 is 4.74 Å². The molecule has 0 fully saturated rings. The number of rotatable bonds is 6. The first-order valence-electron chi connectivity index (χ1n) is 7.11. The second-order valence-electron chi connectivity index (χ2n) is 4.94. The summed E-state index contributed by atoms with van der Waals surface area (Å²) in [7, 11) is -3.86. The van der Waals surface area contributed by atoms with Gasteiger partial charge in [0.2, 0.25) is 0 Å². The summed E-state index contributed by atoms with van der Waals surface area (Å²) >= 11 is 0.